The third kappa shape index (κ3) is 3.04. The number of carbonyl (C=O) groups excluding carboxylic acids is 1. The maximum Gasteiger partial charge on any atom is 0.279 e. The maximum atomic E-state index is 14.2. The first kappa shape index (κ1) is 16.6. The summed E-state index contributed by atoms with van der Waals surface area (Å²) in [4.78, 5) is 17.3. The number of fused-ring (bicyclic) bond motifs is 1. The number of thiazole rings is 1. The van der Waals surface area contributed by atoms with Crippen molar-refractivity contribution in [1.29, 1.82) is 0 Å². The molecule has 2 aromatic carbocycles. The van der Waals surface area contributed by atoms with Crippen LogP contribution in [0.4, 0.5) is 4.39 Å². The molecule has 0 aliphatic rings. The Labute approximate surface area is 144 Å². The van der Waals surface area contributed by atoms with Crippen molar-refractivity contribution in [3.05, 3.63) is 63.7 Å². The standard InChI is InChI=1S/C19H19FN2OS/c1-4-10-22-17-15(20)6-5-7-16(17)24-19(22)21-18(23)14-9-8-12(2)13(3)11-14/h5-9,11H,4,10H2,1-3H3. The molecule has 0 bridgehead atoms. The fraction of sp³-hybridized carbons (Fsp3) is 0.263. The summed E-state index contributed by atoms with van der Waals surface area (Å²) in [6, 6.07) is 10.5. The number of para-hydroxylation sites is 1. The molecule has 0 unspecified atom stereocenters. The van der Waals surface area contributed by atoms with Crippen LogP contribution in [0.5, 0.6) is 0 Å². The van der Waals surface area contributed by atoms with E-state index in [9.17, 15) is 9.18 Å². The second-order valence-electron chi connectivity index (χ2n) is 5.84. The van der Waals surface area contributed by atoms with Gasteiger partial charge in [-0.2, -0.15) is 4.99 Å². The Morgan fingerprint density at radius 1 is 1.21 bits per heavy atom. The van der Waals surface area contributed by atoms with E-state index in [1.165, 1.54) is 17.4 Å². The van der Waals surface area contributed by atoms with E-state index in [0.29, 0.717) is 22.4 Å². The molecule has 1 amide bonds. The number of aromatic nitrogens is 1. The molecule has 3 nitrogen and oxygen atoms in total. The minimum atomic E-state index is -0.296. The highest BCUT2D eigenvalue weighted by Gasteiger charge is 2.12. The van der Waals surface area contributed by atoms with E-state index in [0.717, 1.165) is 22.2 Å². The van der Waals surface area contributed by atoms with Crippen LogP contribution < -0.4 is 4.80 Å². The first-order valence-corrected chi connectivity index (χ1v) is 8.77. The normalized spacial score (nSPS) is 12.1. The minimum Gasteiger partial charge on any atom is -0.314 e. The topological polar surface area (TPSA) is 34.4 Å². The third-order valence-corrected chi connectivity index (χ3v) is 5.09. The molecule has 0 saturated carbocycles. The zero-order chi connectivity index (χ0) is 17.3. The van der Waals surface area contributed by atoms with Gasteiger partial charge < -0.3 is 4.57 Å². The number of hydrogen-bond donors (Lipinski definition) is 0. The van der Waals surface area contributed by atoms with Crippen LogP contribution in [0.25, 0.3) is 10.2 Å². The molecule has 3 rings (SSSR count). The van der Waals surface area contributed by atoms with E-state index in [1.54, 1.807) is 16.7 Å². The van der Waals surface area contributed by atoms with E-state index in [4.69, 9.17) is 0 Å². The van der Waals surface area contributed by atoms with Crippen molar-refractivity contribution in [2.75, 3.05) is 0 Å². The number of rotatable bonds is 3. The second-order valence-corrected chi connectivity index (χ2v) is 6.85. The van der Waals surface area contributed by atoms with Crippen LogP contribution in [-0.4, -0.2) is 10.5 Å². The summed E-state index contributed by atoms with van der Waals surface area (Å²) in [5.41, 5.74) is 3.27. The van der Waals surface area contributed by atoms with Crippen LogP contribution >= 0.6 is 11.3 Å². The highest BCUT2D eigenvalue weighted by Crippen LogP contribution is 2.21. The van der Waals surface area contributed by atoms with Gasteiger partial charge >= 0.3 is 0 Å². The Kier molecular flexibility index (Phi) is 4.62. The van der Waals surface area contributed by atoms with Crippen molar-refractivity contribution >= 4 is 27.5 Å². The summed E-state index contributed by atoms with van der Waals surface area (Å²) >= 11 is 1.34. The lowest BCUT2D eigenvalue weighted by atomic mass is 10.1. The number of halogens is 1. The Morgan fingerprint density at radius 3 is 2.71 bits per heavy atom. The van der Waals surface area contributed by atoms with Gasteiger partial charge in [-0.25, -0.2) is 4.39 Å². The largest absolute Gasteiger partial charge is 0.314 e. The Balaban J connectivity index is 2.15. The van der Waals surface area contributed by atoms with E-state index in [-0.39, 0.29) is 11.7 Å². The second kappa shape index (κ2) is 6.69. The fourth-order valence-electron chi connectivity index (χ4n) is 2.63. The molecule has 0 atom stereocenters. The number of hydrogen-bond acceptors (Lipinski definition) is 2. The molecule has 0 aliphatic carbocycles. The molecular weight excluding hydrogens is 323 g/mol. The summed E-state index contributed by atoms with van der Waals surface area (Å²) < 4.78 is 16.8. The van der Waals surface area contributed by atoms with Gasteiger partial charge in [0.15, 0.2) is 4.80 Å². The molecule has 0 saturated heterocycles. The summed E-state index contributed by atoms with van der Waals surface area (Å²) in [7, 11) is 0. The van der Waals surface area contributed by atoms with Gasteiger partial charge in [-0.05, 0) is 55.7 Å². The number of amides is 1. The zero-order valence-corrected chi connectivity index (χ0v) is 14.8. The first-order chi connectivity index (χ1) is 11.5. The molecule has 5 heteroatoms. The van der Waals surface area contributed by atoms with Gasteiger partial charge in [0.2, 0.25) is 0 Å². The van der Waals surface area contributed by atoms with E-state index in [1.807, 2.05) is 39.0 Å². The zero-order valence-electron chi connectivity index (χ0n) is 14.0. The van der Waals surface area contributed by atoms with Gasteiger partial charge in [-0.3, -0.25) is 4.79 Å². The van der Waals surface area contributed by atoms with Crippen molar-refractivity contribution in [2.45, 2.75) is 33.7 Å². The van der Waals surface area contributed by atoms with Crippen LogP contribution in [-0.2, 0) is 6.54 Å². The molecule has 1 aromatic heterocycles. The average molecular weight is 342 g/mol. The lowest BCUT2D eigenvalue weighted by Gasteiger charge is -2.04. The van der Waals surface area contributed by atoms with Gasteiger partial charge in [-0.1, -0.05) is 30.4 Å². The lowest BCUT2D eigenvalue weighted by molar-refractivity contribution is 0.0997. The van der Waals surface area contributed by atoms with Crippen molar-refractivity contribution < 1.29 is 9.18 Å². The van der Waals surface area contributed by atoms with Crippen molar-refractivity contribution in [2.24, 2.45) is 4.99 Å². The summed E-state index contributed by atoms with van der Waals surface area (Å²) in [5, 5.41) is 0. The molecular formula is C19H19FN2OS. The van der Waals surface area contributed by atoms with Crippen molar-refractivity contribution in [3.8, 4) is 0 Å². The third-order valence-electron chi connectivity index (χ3n) is 4.05. The van der Waals surface area contributed by atoms with Gasteiger partial charge in [0.05, 0.1) is 10.2 Å². The minimum absolute atomic E-state index is 0.280. The van der Waals surface area contributed by atoms with Crippen molar-refractivity contribution in [1.82, 2.24) is 4.57 Å². The highest BCUT2D eigenvalue weighted by atomic mass is 32.1. The van der Waals surface area contributed by atoms with E-state index < -0.39 is 0 Å². The monoisotopic (exact) mass is 342 g/mol. The van der Waals surface area contributed by atoms with E-state index >= 15 is 0 Å². The molecule has 0 fully saturated rings. The van der Waals surface area contributed by atoms with Crippen molar-refractivity contribution in [3.63, 3.8) is 0 Å². The predicted octanol–water partition coefficient (Wildman–Crippen LogP) is 4.61. The van der Waals surface area contributed by atoms with Crippen LogP contribution in [0, 0.1) is 19.7 Å². The molecule has 0 radical (unpaired) electrons. The summed E-state index contributed by atoms with van der Waals surface area (Å²) in [6.07, 6.45) is 0.838. The molecule has 0 N–H and O–H groups in total. The molecule has 124 valence electrons. The predicted molar refractivity (Wildman–Crippen MR) is 95.9 cm³/mol. The quantitative estimate of drug-likeness (QED) is 0.684. The summed E-state index contributed by atoms with van der Waals surface area (Å²) in [5.74, 6) is -0.577. The van der Waals surface area contributed by atoms with Gasteiger partial charge in [-0.15, -0.1) is 0 Å². The smallest absolute Gasteiger partial charge is 0.279 e. The summed E-state index contributed by atoms with van der Waals surface area (Å²) in [6.45, 7) is 6.62. The fourth-order valence-corrected chi connectivity index (χ4v) is 3.70. The molecule has 0 spiro atoms. The van der Waals surface area contributed by atoms with Gasteiger partial charge in [0.25, 0.3) is 5.91 Å². The van der Waals surface area contributed by atoms with Crippen LogP contribution in [0.1, 0.15) is 34.8 Å². The number of benzene rings is 2. The highest BCUT2D eigenvalue weighted by molar-refractivity contribution is 7.16. The molecule has 3 aromatic rings. The number of aryl methyl sites for hydroxylation is 3. The first-order valence-electron chi connectivity index (χ1n) is 7.95. The number of carbonyl (C=O) groups is 1. The van der Waals surface area contributed by atoms with Gasteiger partial charge in [0, 0.05) is 12.1 Å². The van der Waals surface area contributed by atoms with Crippen LogP contribution in [0.2, 0.25) is 0 Å². The molecule has 24 heavy (non-hydrogen) atoms. The molecule has 1 heterocycles. The Bertz CT molecular complexity index is 985. The van der Waals surface area contributed by atoms with Crippen LogP contribution in [0.3, 0.4) is 0 Å². The average Bonchev–Trinajstić information content (AvgIpc) is 2.89. The lowest BCUT2D eigenvalue weighted by Crippen LogP contribution is -2.17. The van der Waals surface area contributed by atoms with Crippen LogP contribution in [0.15, 0.2) is 41.4 Å². The molecule has 0 aliphatic heterocycles. The maximum absolute atomic E-state index is 14.2. The SMILES string of the molecule is CCCn1c(=NC(=O)c2ccc(C)c(C)c2)sc2cccc(F)c21. The van der Waals surface area contributed by atoms with E-state index in [2.05, 4.69) is 4.99 Å². The Morgan fingerprint density at radius 2 is 2.00 bits per heavy atom. The number of nitrogens with zero attached hydrogens (tertiary/aromatic N) is 2. The Hall–Kier alpha value is -2.27. The van der Waals surface area contributed by atoms with Gasteiger partial charge in [0.1, 0.15) is 5.82 Å².